The van der Waals surface area contributed by atoms with Gasteiger partial charge in [0.1, 0.15) is 27.0 Å². The van der Waals surface area contributed by atoms with Crippen molar-refractivity contribution in [2.24, 2.45) is 5.73 Å². The Hall–Kier alpha value is -3.47. The van der Waals surface area contributed by atoms with Crippen LogP contribution in [0.25, 0.3) is 10.1 Å². The van der Waals surface area contributed by atoms with Crippen LogP contribution in [0.4, 0.5) is 13.2 Å². The van der Waals surface area contributed by atoms with Crippen molar-refractivity contribution in [1.29, 1.82) is 5.41 Å². The summed E-state index contributed by atoms with van der Waals surface area (Å²) in [6.07, 6.45) is -3.30. The van der Waals surface area contributed by atoms with E-state index in [0.717, 1.165) is 11.3 Å². The van der Waals surface area contributed by atoms with Crippen molar-refractivity contribution in [3.8, 4) is 5.75 Å². The topological polar surface area (TPSA) is 187 Å². The number of alkyl halides is 3. The zero-order chi connectivity index (χ0) is 28.4. The van der Waals surface area contributed by atoms with E-state index in [-0.39, 0.29) is 27.5 Å². The summed E-state index contributed by atoms with van der Waals surface area (Å²) in [5.41, 5.74) is 6.34. The molecule has 0 radical (unpaired) electrons. The molecule has 6 N–H and O–H groups in total. The molecule has 0 bridgehead atoms. The molecule has 0 aliphatic carbocycles. The van der Waals surface area contributed by atoms with E-state index in [2.05, 4.69) is 9.71 Å². The number of hydrogen-bond acceptors (Lipinski definition) is 8. The minimum absolute atomic E-state index is 0.0300. The fourth-order valence-corrected chi connectivity index (χ4v) is 6.25. The number of nitrogens with one attached hydrogen (secondary N) is 2. The molecule has 1 unspecified atom stereocenters. The molecule has 204 valence electrons. The average Bonchev–Trinajstić information content (AvgIpc) is 3.41. The van der Waals surface area contributed by atoms with Crippen molar-refractivity contribution in [2.45, 2.75) is 29.4 Å². The first-order chi connectivity index (χ1) is 17.6. The molecule has 3 heterocycles. The highest BCUT2D eigenvalue weighted by Gasteiger charge is 2.38. The Morgan fingerprint density at radius 3 is 2.55 bits per heavy atom. The number of carbonyl (C=O) groups excluding carboxylic acids is 1. The number of nitrogens with two attached hydrogens (primary N) is 1. The molecule has 17 heteroatoms. The third-order valence-corrected chi connectivity index (χ3v) is 8.72. The van der Waals surface area contributed by atoms with Gasteiger partial charge in [-0.2, -0.15) is 17.9 Å². The standard InChI is InChI=1S/C19H18ClN5O4S2.C2HF3O2/c20-17-16-10(3-5-23-17)8-15(30-16)31(28,29)24-13-4-6-25(19(13)27)9-12-7-11(18(21)22)1-2-14(12)26;3-2(4,5)1(6)7/h1-3,5,7-8,13,24,26H,4,6,9H2,(H3,21,22);(H,6,7). The first-order valence-electron chi connectivity index (χ1n) is 10.4. The van der Waals surface area contributed by atoms with Crippen LogP contribution in [0.15, 0.2) is 40.7 Å². The molecule has 1 fully saturated rings. The fraction of sp³-hybridized carbons (Fsp3) is 0.238. The first-order valence-corrected chi connectivity index (χ1v) is 13.1. The monoisotopic (exact) mass is 593 g/mol. The van der Waals surface area contributed by atoms with E-state index < -0.39 is 34.1 Å². The van der Waals surface area contributed by atoms with Crippen molar-refractivity contribution in [3.63, 3.8) is 0 Å². The number of nitrogen functional groups attached to an aromatic ring is 1. The lowest BCUT2D eigenvalue weighted by Gasteiger charge is -2.18. The van der Waals surface area contributed by atoms with Gasteiger partial charge in [-0.15, -0.1) is 11.3 Å². The van der Waals surface area contributed by atoms with Crippen molar-refractivity contribution in [2.75, 3.05) is 6.54 Å². The Kier molecular flexibility index (Phi) is 8.50. The van der Waals surface area contributed by atoms with Crippen LogP contribution in [0.2, 0.25) is 5.15 Å². The molecule has 0 spiro atoms. The highest BCUT2D eigenvalue weighted by molar-refractivity contribution is 7.91. The lowest BCUT2D eigenvalue weighted by Crippen LogP contribution is -2.41. The number of amides is 1. The number of benzene rings is 1. The smallest absolute Gasteiger partial charge is 0.490 e. The Labute approximate surface area is 222 Å². The number of likely N-dealkylation sites (tertiary alicyclic amines) is 1. The molecule has 1 aliphatic heterocycles. The number of pyridine rings is 1. The number of aliphatic carboxylic acids is 1. The van der Waals surface area contributed by atoms with Gasteiger partial charge in [0.25, 0.3) is 10.0 Å². The maximum absolute atomic E-state index is 12.8. The largest absolute Gasteiger partial charge is 0.508 e. The van der Waals surface area contributed by atoms with Crippen LogP contribution in [0, 0.1) is 5.41 Å². The van der Waals surface area contributed by atoms with Crippen LogP contribution >= 0.6 is 22.9 Å². The minimum atomic E-state index is -5.08. The van der Waals surface area contributed by atoms with Gasteiger partial charge >= 0.3 is 12.1 Å². The van der Waals surface area contributed by atoms with Gasteiger partial charge in [-0.3, -0.25) is 10.2 Å². The third kappa shape index (κ3) is 6.69. The number of phenols is 1. The predicted molar refractivity (Wildman–Crippen MR) is 132 cm³/mol. The summed E-state index contributed by atoms with van der Waals surface area (Å²) in [6, 6.07) is 6.71. The van der Waals surface area contributed by atoms with Crippen LogP contribution in [0.3, 0.4) is 0 Å². The summed E-state index contributed by atoms with van der Waals surface area (Å²) >= 11 is 7.03. The van der Waals surface area contributed by atoms with E-state index in [1.807, 2.05) is 0 Å². The zero-order valence-corrected chi connectivity index (χ0v) is 21.4. The fourth-order valence-electron chi connectivity index (χ4n) is 3.38. The highest BCUT2D eigenvalue weighted by Crippen LogP contribution is 2.33. The maximum atomic E-state index is 12.8. The summed E-state index contributed by atoms with van der Waals surface area (Å²) in [5, 5.41) is 25.6. The second kappa shape index (κ2) is 11.1. The molecule has 3 aromatic rings. The van der Waals surface area contributed by atoms with Crippen molar-refractivity contribution < 1.29 is 41.4 Å². The quantitative estimate of drug-likeness (QED) is 0.164. The van der Waals surface area contributed by atoms with Gasteiger partial charge in [0, 0.05) is 30.4 Å². The molecular weight excluding hydrogens is 575 g/mol. The summed E-state index contributed by atoms with van der Waals surface area (Å²) in [7, 11) is -3.94. The van der Waals surface area contributed by atoms with Crippen molar-refractivity contribution >= 4 is 60.8 Å². The second-order valence-corrected chi connectivity index (χ2v) is 11.2. The number of amidine groups is 1. The normalized spacial score (nSPS) is 15.8. The number of aromatic hydroxyl groups is 1. The summed E-state index contributed by atoms with van der Waals surface area (Å²) in [4.78, 5) is 27.1. The van der Waals surface area contributed by atoms with Gasteiger partial charge in [0.05, 0.1) is 4.70 Å². The molecule has 0 saturated carbocycles. The number of halogens is 4. The van der Waals surface area contributed by atoms with Crippen LogP contribution in [-0.4, -0.2) is 65.0 Å². The van der Waals surface area contributed by atoms with Crippen molar-refractivity contribution in [3.05, 3.63) is 52.8 Å². The van der Waals surface area contributed by atoms with Gasteiger partial charge in [-0.05, 0) is 42.1 Å². The highest BCUT2D eigenvalue weighted by atomic mass is 35.5. The van der Waals surface area contributed by atoms with E-state index >= 15 is 0 Å². The van der Waals surface area contributed by atoms with Crippen LogP contribution in [0.5, 0.6) is 5.75 Å². The lowest BCUT2D eigenvalue weighted by molar-refractivity contribution is -0.192. The number of phenolic OH excluding ortho intramolecular Hbond substituents is 1. The molecule has 11 nitrogen and oxygen atoms in total. The minimum Gasteiger partial charge on any atom is -0.508 e. The number of thiophene rings is 1. The zero-order valence-electron chi connectivity index (χ0n) is 19.0. The van der Waals surface area contributed by atoms with Gasteiger partial charge in [-0.25, -0.2) is 18.2 Å². The Morgan fingerprint density at radius 1 is 1.32 bits per heavy atom. The summed E-state index contributed by atoms with van der Waals surface area (Å²) in [6.45, 7) is 0.395. The molecule has 1 amide bonds. The molecule has 38 heavy (non-hydrogen) atoms. The summed E-state index contributed by atoms with van der Waals surface area (Å²) < 4.78 is 60.5. The number of sulfonamides is 1. The maximum Gasteiger partial charge on any atom is 0.490 e. The number of fused-ring (bicyclic) bond motifs is 1. The molecular formula is C21H19ClF3N5O6S2. The number of carboxylic acids is 1. The van der Waals surface area contributed by atoms with Crippen LogP contribution in [0.1, 0.15) is 17.5 Å². The van der Waals surface area contributed by atoms with Gasteiger partial charge in [0.2, 0.25) is 5.91 Å². The van der Waals surface area contributed by atoms with Gasteiger partial charge < -0.3 is 20.8 Å². The first kappa shape index (κ1) is 29.1. The predicted octanol–water partition coefficient (Wildman–Crippen LogP) is 2.65. The molecule has 4 rings (SSSR count). The SMILES string of the molecule is N=C(N)c1ccc(O)c(CN2CCC(NS(=O)(=O)c3cc4ccnc(Cl)c4s3)C2=O)c1.O=C(O)C(F)(F)F. The molecule has 2 aromatic heterocycles. The molecule has 1 aromatic carbocycles. The van der Waals surface area contributed by atoms with E-state index in [4.69, 9.17) is 32.6 Å². The van der Waals surface area contributed by atoms with E-state index in [0.29, 0.717) is 34.2 Å². The molecule has 1 aliphatic rings. The second-order valence-electron chi connectivity index (χ2n) is 7.87. The molecule has 1 atom stereocenters. The average molecular weight is 594 g/mol. The third-order valence-electron chi connectivity index (χ3n) is 5.22. The van der Waals surface area contributed by atoms with E-state index in [1.54, 1.807) is 6.07 Å². The number of hydrogen-bond donors (Lipinski definition) is 5. The van der Waals surface area contributed by atoms with E-state index in [1.165, 1.54) is 35.4 Å². The Bertz CT molecular complexity index is 1510. The number of nitrogens with zero attached hydrogens (tertiary/aromatic N) is 2. The lowest BCUT2D eigenvalue weighted by atomic mass is 10.1. The van der Waals surface area contributed by atoms with Gasteiger partial charge in [0.15, 0.2) is 0 Å². The Morgan fingerprint density at radius 2 is 1.97 bits per heavy atom. The Balaban J connectivity index is 0.000000505. The van der Waals surface area contributed by atoms with Crippen LogP contribution < -0.4 is 10.5 Å². The number of carbonyl (C=O) groups is 2. The van der Waals surface area contributed by atoms with Crippen LogP contribution in [-0.2, 0) is 26.2 Å². The van der Waals surface area contributed by atoms with Crippen molar-refractivity contribution in [1.82, 2.24) is 14.6 Å². The number of rotatable bonds is 6. The number of aromatic nitrogens is 1. The molecule has 1 saturated heterocycles. The summed E-state index contributed by atoms with van der Waals surface area (Å²) in [5.74, 6) is -3.33. The van der Waals surface area contributed by atoms with E-state index in [9.17, 15) is 31.5 Å². The van der Waals surface area contributed by atoms with Gasteiger partial charge in [-0.1, -0.05) is 11.6 Å². The number of carboxylic acid groups (broad SMARTS) is 1.